The van der Waals surface area contributed by atoms with Gasteiger partial charge in [-0.3, -0.25) is 10.1 Å². The average Bonchev–Trinajstić information content (AvgIpc) is 2.27. The van der Waals surface area contributed by atoms with E-state index in [1.165, 1.54) is 0 Å². The lowest BCUT2D eigenvalue weighted by atomic mass is 10.2. The summed E-state index contributed by atoms with van der Waals surface area (Å²) in [5.74, 6) is 0.421. The highest BCUT2D eigenvalue weighted by atomic mass is 32.2. The first kappa shape index (κ1) is 14.5. The smallest absolute Gasteiger partial charge is 0.232 e. The SMILES string of the molecule is CC(C)CCS(=O)(=O)Nc1ccc(C(=N)N)cc1. The standard InChI is InChI=1S/C12H19N3O2S/c1-9(2)7-8-18(16,17)15-11-5-3-10(4-6-11)12(13)14/h3-6,9,15H,7-8H2,1-2H3,(H3,13,14). The molecule has 6 heteroatoms. The van der Waals surface area contributed by atoms with Gasteiger partial charge in [-0.25, -0.2) is 8.42 Å². The Morgan fingerprint density at radius 1 is 1.33 bits per heavy atom. The molecule has 0 aliphatic carbocycles. The molecule has 0 heterocycles. The summed E-state index contributed by atoms with van der Waals surface area (Å²) in [7, 11) is -3.30. The molecule has 1 aromatic carbocycles. The molecule has 0 aliphatic rings. The molecule has 0 aromatic heterocycles. The molecular weight excluding hydrogens is 250 g/mol. The lowest BCUT2D eigenvalue weighted by Gasteiger charge is -2.09. The Balaban J connectivity index is 2.69. The van der Waals surface area contributed by atoms with E-state index in [2.05, 4.69) is 4.72 Å². The van der Waals surface area contributed by atoms with Crippen LogP contribution in [0.1, 0.15) is 25.8 Å². The van der Waals surface area contributed by atoms with Crippen molar-refractivity contribution >= 4 is 21.5 Å². The van der Waals surface area contributed by atoms with E-state index in [0.717, 1.165) is 0 Å². The van der Waals surface area contributed by atoms with Crippen LogP contribution in [0.4, 0.5) is 5.69 Å². The van der Waals surface area contributed by atoms with Crippen LogP contribution in [0.25, 0.3) is 0 Å². The molecule has 0 unspecified atom stereocenters. The molecule has 0 spiro atoms. The van der Waals surface area contributed by atoms with Crippen LogP contribution in [0.3, 0.4) is 0 Å². The summed E-state index contributed by atoms with van der Waals surface area (Å²) in [5.41, 5.74) is 6.38. The van der Waals surface area contributed by atoms with Crippen LogP contribution in [0.2, 0.25) is 0 Å². The first-order valence-corrected chi connectivity index (χ1v) is 7.40. The number of hydrogen-bond donors (Lipinski definition) is 3. The number of nitrogens with one attached hydrogen (secondary N) is 2. The van der Waals surface area contributed by atoms with Crippen molar-refractivity contribution in [3.8, 4) is 0 Å². The van der Waals surface area contributed by atoms with Crippen molar-refractivity contribution < 1.29 is 8.42 Å². The van der Waals surface area contributed by atoms with E-state index < -0.39 is 10.0 Å². The molecule has 18 heavy (non-hydrogen) atoms. The molecule has 1 rings (SSSR count). The molecule has 100 valence electrons. The second kappa shape index (κ2) is 5.86. The van der Waals surface area contributed by atoms with Crippen molar-refractivity contribution in [2.24, 2.45) is 11.7 Å². The highest BCUT2D eigenvalue weighted by molar-refractivity contribution is 7.92. The summed E-state index contributed by atoms with van der Waals surface area (Å²) < 4.78 is 26.0. The average molecular weight is 269 g/mol. The summed E-state index contributed by atoms with van der Waals surface area (Å²) in [6.45, 7) is 3.97. The maximum atomic E-state index is 11.7. The normalized spacial score (nSPS) is 11.5. The van der Waals surface area contributed by atoms with E-state index in [1.807, 2.05) is 13.8 Å². The summed E-state index contributed by atoms with van der Waals surface area (Å²) >= 11 is 0. The highest BCUT2D eigenvalue weighted by Gasteiger charge is 2.11. The number of sulfonamides is 1. The number of amidine groups is 1. The highest BCUT2D eigenvalue weighted by Crippen LogP contribution is 2.12. The van der Waals surface area contributed by atoms with Gasteiger partial charge in [0, 0.05) is 11.3 Å². The molecule has 4 N–H and O–H groups in total. The second-order valence-corrected chi connectivity index (χ2v) is 6.44. The predicted molar refractivity (Wildman–Crippen MR) is 74.3 cm³/mol. The van der Waals surface area contributed by atoms with Gasteiger partial charge in [0.1, 0.15) is 5.84 Å². The van der Waals surface area contributed by atoms with Crippen LogP contribution in [-0.4, -0.2) is 20.0 Å². The summed E-state index contributed by atoms with van der Waals surface area (Å²) in [4.78, 5) is 0. The summed E-state index contributed by atoms with van der Waals surface area (Å²) in [6, 6.07) is 6.43. The molecule has 0 atom stereocenters. The van der Waals surface area contributed by atoms with Crippen molar-refractivity contribution in [1.29, 1.82) is 5.41 Å². The fraction of sp³-hybridized carbons (Fsp3) is 0.417. The maximum absolute atomic E-state index is 11.7. The van der Waals surface area contributed by atoms with Gasteiger partial charge in [0.2, 0.25) is 10.0 Å². The van der Waals surface area contributed by atoms with Gasteiger partial charge in [0.05, 0.1) is 5.75 Å². The van der Waals surface area contributed by atoms with Crippen molar-refractivity contribution in [2.45, 2.75) is 20.3 Å². The zero-order valence-corrected chi connectivity index (χ0v) is 11.4. The molecule has 0 radical (unpaired) electrons. The Bertz CT molecular complexity index is 507. The van der Waals surface area contributed by atoms with E-state index in [0.29, 0.717) is 23.6 Å². The molecule has 5 nitrogen and oxygen atoms in total. The molecule has 0 aliphatic heterocycles. The quantitative estimate of drug-likeness (QED) is 0.542. The third-order valence-electron chi connectivity index (χ3n) is 2.43. The third kappa shape index (κ3) is 4.75. The van der Waals surface area contributed by atoms with E-state index in [-0.39, 0.29) is 11.6 Å². The number of nitrogens with two attached hydrogens (primary N) is 1. The van der Waals surface area contributed by atoms with Crippen molar-refractivity contribution in [3.05, 3.63) is 29.8 Å². The van der Waals surface area contributed by atoms with Gasteiger partial charge < -0.3 is 5.73 Å². The third-order valence-corrected chi connectivity index (χ3v) is 3.75. The second-order valence-electron chi connectivity index (χ2n) is 4.59. The molecule has 0 amide bonds. The lowest BCUT2D eigenvalue weighted by molar-refractivity contribution is 0.578. The number of nitrogen functional groups attached to an aromatic ring is 1. The predicted octanol–water partition coefficient (Wildman–Crippen LogP) is 1.76. The Kier molecular flexibility index (Phi) is 4.72. The van der Waals surface area contributed by atoms with Gasteiger partial charge in [0.25, 0.3) is 0 Å². The van der Waals surface area contributed by atoms with Crippen LogP contribution in [0, 0.1) is 11.3 Å². The first-order valence-electron chi connectivity index (χ1n) is 5.75. The fourth-order valence-electron chi connectivity index (χ4n) is 1.34. The van der Waals surface area contributed by atoms with Crippen LogP contribution in [0.5, 0.6) is 0 Å². The van der Waals surface area contributed by atoms with E-state index in [1.54, 1.807) is 24.3 Å². The monoisotopic (exact) mass is 269 g/mol. The summed E-state index contributed by atoms with van der Waals surface area (Å²) in [6.07, 6.45) is 0.626. The minimum atomic E-state index is -3.30. The van der Waals surface area contributed by atoms with Crippen LogP contribution >= 0.6 is 0 Å². The Hall–Kier alpha value is -1.56. The summed E-state index contributed by atoms with van der Waals surface area (Å²) in [5, 5.41) is 7.24. The number of anilines is 1. The van der Waals surface area contributed by atoms with Gasteiger partial charge in [-0.1, -0.05) is 13.8 Å². The molecule has 0 saturated heterocycles. The maximum Gasteiger partial charge on any atom is 0.232 e. The van der Waals surface area contributed by atoms with Crippen LogP contribution in [0.15, 0.2) is 24.3 Å². The zero-order valence-electron chi connectivity index (χ0n) is 10.6. The van der Waals surface area contributed by atoms with Crippen LogP contribution in [-0.2, 0) is 10.0 Å². The van der Waals surface area contributed by atoms with E-state index >= 15 is 0 Å². The van der Waals surface area contributed by atoms with Crippen molar-refractivity contribution in [1.82, 2.24) is 0 Å². The zero-order chi connectivity index (χ0) is 13.8. The van der Waals surface area contributed by atoms with Crippen molar-refractivity contribution in [3.63, 3.8) is 0 Å². The molecule has 0 saturated carbocycles. The number of rotatable bonds is 6. The van der Waals surface area contributed by atoms with Gasteiger partial charge in [-0.2, -0.15) is 0 Å². The largest absolute Gasteiger partial charge is 0.384 e. The van der Waals surface area contributed by atoms with Gasteiger partial charge >= 0.3 is 0 Å². The van der Waals surface area contributed by atoms with Crippen LogP contribution < -0.4 is 10.5 Å². The molecule has 0 bridgehead atoms. The van der Waals surface area contributed by atoms with Gasteiger partial charge in [0.15, 0.2) is 0 Å². The fourth-order valence-corrected chi connectivity index (χ4v) is 2.72. The Morgan fingerprint density at radius 3 is 2.33 bits per heavy atom. The van der Waals surface area contributed by atoms with Gasteiger partial charge in [-0.05, 0) is 36.6 Å². The van der Waals surface area contributed by atoms with E-state index in [4.69, 9.17) is 11.1 Å². The Morgan fingerprint density at radius 2 is 1.89 bits per heavy atom. The minimum Gasteiger partial charge on any atom is -0.384 e. The number of hydrogen-bond acceptors (Lipinski definition) is 3. The molecular formula is C12H19N3O2S. The molecule has 0 fully saturated rings. The minimum absolute atomic E-state index is 0.0378. The van der Waals surface area contributed by atoms with E-state index in [9.17, 15) is 8.42 Å². The van der Waals surface area contributed by atoms with Crippen molar-refractivity contribution in [2.75, 3.05) is 10.5 Å². The number of benzene rings is 1. The van der Waals surface area contributed by atoms with Gasteiger partial charge in [-0.15, -0.1) is 0 Å². The first-order chi connectivity index (χ1) is 8.30. The Labute approximate surface area is 108 Å². The molecule has 1 aromatic rings. The topological polar surface area (TPSA) is 96.0 Å². The lowest BCUT2D eigenvalue weighted by Crippen LogP contribution is -2.18.